The highest BCUT2D eigenvalue weighted by atomic mass is 79.9. The standard InChI is InChI=1S/C20H19BrN6O/c21-16-5-3-15(4-6-16)20(28)27-12-10-26(11-13-27)19-8-7-18(24-25-19)23-17-2-1-9-22-14-17/h1-9,14H,10-13H2,(H,23,24). The summed E-state index contributed by atoms with van der Waals surface area (Å²) >= 11 is 3.40. The van der Waals surface area contributed by atoms with Crippen LogP contribution >= 0.6 is 15.9 Å². The zero-order valence-corrected chi connectivity index (χ0v) is 16.7. The molecule has 4 rings (SSSR count). The number of halogens is 1. The Morgan fingerprint density at radius 3 is 2.39 bits per heavy atom. The Labute approximate surface area is 171 Å². The highest BCUT2D eigenvalue weighted by Crippen LogP contribution is 2.18. The minimum absolute atomic E-state index is 0.0641. The highest BCUT2D eigenvalue weighted by Gasteiger charge is 2.23. The number of anilines is 3. The molecular formula is C20H19BrN6O. The fourth-order valence-electron chi connectivity index (χ4n) is 3.06. The number of benzene rings is 1. The van der Waals surface area contributed by atoms with Gasteiger partial charge in [0.05, 0.1) is 11.9 Å². The molecule has 1 saturated heterocycles. The Kier molecular flexibility index (Phi) is 5.48. The molecule has 0 spiro atoms. The van der Waals surface area contributed by atoms with Crippen molar-refractivity contribution in [2.75, 3.05) is 36.4 Å². The van der Waals surface area contributed by atoms with Gasteiger partial charge in [0.1, 0.15) is 0 Å². The van der Waals surface area contributed by atoms with Crippen LogP contribution in [0.1, 0.15) is 10.4 Å². The Bertz CT molecular complexity index is 925. The number of amides is 1. The van der Waals surface area contributed by atoms with Gasteiger partial charge in [-0.2, -0.15) is 0 Å². The van der Waals surface area contributed by atoms with E-state index in [9.17, 15) is 4.79 Å². The van der Waals surface area contributed by atoms with Crippen molar-refractivity contribution in [1.29, 1.82) is 0 Å². The van der Waals surface area contributed by atoms with Gasteiger partial charge in [0, 0.05) is 42.4 Å². The quantitative estimate of drug-likeness (QED) is 0.673. The van der Waals surface area contributed by atoms with Gasteiger partial charge in [-0.05, 0) is 48.5 Å². The van der Waals surface area contributed by atoms with Crippen molar-refractivity contribution >= 4 is 39.2 Å². The molecule has 7 nitrogen and oxygen atoms in total. The second-order valence-electron chi connectivity index (χ2n) is 6.43. The van der Waals surface area contributed by atoms with E-state index in [0.717, 1.165) is 29.1 Å². The lowest BCUT2D eigenvalue weighted by molar-refractivity contribution is 0.0746. The lowest BCUT2D eigenvalue weighted by Gasteiger charge is -2.35. The van der Waals surface area contributed by atoms with Gasteiger partial charge >= 0.3 is 0 Å². The van der Waals surface area contributed by atoms with Crippen LogP contribution in [0.5, 0.6) is 0 Å². The Balaban J connectivity index is 1.34. The predicted octanol–water partition coefficient (Wildman–Crippen LogP) is 3.34. The SMILES string of the molecule is O=C(c1ccc(Br)cc1)N1CCN(c2ccc(Nc3cccnc3)nn2)CC1. The van der Waals surface area contributed by atoms with E-state index in [1.165, 1.54) is 0 Å². The van der Waals surface area contributed by atoms with Crippen molar-refractivity contribution in [1.82, 2.24) is 20.1 Å². The van der Waals surface area contributed by atoms with Gasteiger partial charge in [-0.15, -0.1) is 10.2 Å². The number of nitrogens with zero attached hydrogens (tertiary/aromatic N) is 5. The molecule has 1 aliphatic rings. The molecular weight excluding hydrogens is 420 g/mol. The molecule has 0 saturated carbocycles. The number of nitrogens with one attached hydrogen (secondary N) is 1. The third-order valence-electron chi connectivity index (χ3n) is 4.57. The number of rotatable bonds is 4. The second-order valence-corrected chi connectivity index (χ2v) is 7.35. The number of pyridine rings is 1. The number of carbonyl (C=O) groups is 1. The third-order valence-corrected chi connectivity index (χ3v) is 5.10. The lowest BCUT2D eigenvalue weighted by Crippen LogP contribution is -2.49. The van der Waals surface area contributed by atoms with E-state index in [1.54, 1.807) is 12.4 Å². The van der Waals surface area contributed by atoms with E-state index in [1.807, 2.05) is 53.4 Å². The van der Waals surface area contributed by atoms with Crippen molar-refractivity contribution in [3.63, 3.8) is 0 Å². The first kappa shape index (κ1) is 18.4. The van der Waals surface area contributed by atoms with Crippen LogP contribution in [0.15, 0.2) is 65.4 Å². The maximum absolute atomic E-state index is 12.6. The van der Waals surface area contributed by atoms with Crippen molar-refractivity contribution in [2.24, 2.45) is 0 Å². The van der Waals surface area contributed by atoms with Crippen LogP contribution in [0.25, 0.3) is 0 Å². The third kappa shape index (κ3) is 4.28. The first-order valence-corrected chi connectivity index (χ1v) is 9.79. The molecule has 0 aliphatic carbocycles. The molecule has 1 amide bonds. The fourth-order valence-corrected chi connectivity index (χ4v) is 3.32. The molecule has 3 aromatic rings. The van der Waals surface area contributed by atoms with Crippen LogP contribution in [0.3, 0.4) is 0 Å². The summed E-state index contributed by atoms with van der Waals surface area (Å²) in [7, 11) is 0. The summed E-state index contributed by atoms with van der Waals surface area (Å²) in [5.74, 6) is 1.54. The van der Waals surface area contributed by atoms with Gasteiger partial charge < -0.3 is 15.1 Å². The molecule has 3 heterocycles. The summed E-state index contributed by atoms with van der Waals surface area (Å²) < 4.78 is 0.967. The van der Waals surface area contributed by atoms with Crippen molar-refractivity contribution < 1.29 is 4.79 Å². The van der Waals surface area contributed by atoms with E-state index in [2.05, 4.69) is 41.3 Å². The van der Waals surface area contributed by atoms with E-state index in [-0.39, 0.29) is 5.91 Å². The molecule has 142 valence electrons. The summed E-state index contributed by atoms with van der Waals surface area (Å²) in [5.41, 5.74) is 1.58. The first-order valence-electron chi connectivity index (χ1n) is 8.99. The van der Waals surface area contributed by atoms with Crippen LogP contribution in [0.4, 0.5) is 17.3 Å². The van der Waals surface area contributed by atoms with E-state index in [0.29, 0.717) is 24.5 Å². The molecule has 1 aromatic carbocycles. The molecule has 0 bridgehead atoms. The summed E-state index contributed by atoms with van der Waals surface area (Å²) in [4.78, 5) is 20.7. The van der Waals surface area contributed by atoms with Crippen molar-refractivity contribution in [3.05, 3.63) is 71.0 Å². The zero-order chi connectivity index (χ0) is 19.3. The maximum Gasteiger partial charge on any atom is 0.253 e. The summed E-state index contributed by atoms with van der Waals surface area (Å²) in [6.07, 6.45) is 3.46. The van der Waals surface area contributed by atoms with Gasteiger partial charge in [-0.3, -0.25) is 9.78 Å². The first-order chi connectivity index (χ1) is 13.7. The average molecular weight is 439 g/mol. The molecule has 2 aromatic heterocycles. The van der Waals surface area contributed by atoms with Gasteiger partial charge in [0.2, 0.25) is 0 Å². The van der Waals surface area contributed by atoms with Crippen LogP contribution in [0.2, 0.25) is 0 Å². The molecule has 8 heteroatoms. The number of hydrogen-bond donors (Lipinski definition) is 1. The van der Waals surface area contributed by atoms with Gasteiger partial charge in [-0.1, -0.05) is 15.9 Å². The van der Waals surface area contributed by atoms with Crippen LogP contribution < -0.4 is 10.2 Å². The van der Waals surface area contributed by atoms with Gasteiger partial charge in [0.25, 0.3) is 5.91 Å². The van der Waals surface area contributed by atoms with Gasteiger partial charge in [-0.25, -0.2) is 0 Å². The molecule has 0 unspecified atom stereocenters. The number of aromatic nitrogens is 3. The number of piperazine rings is 1. The molecule has 1 N–H and O–H groups in total. The molecule has 0 atom stereocenters. The minimum atomic E-state index is 0.0641. The van der Waals surface area contributed by atoms with E-state index < -0.39 is 0 Å². The molecule has 28 heavy (non-hydrogen) atoms. The number of hydrogen-bond acceptors (Lipinski definition) is 6. The Morgan fingerprint density at radius 2 is 1.75 bits per heavy atom. The monoisotopic (exact) mass is 438 g/mol. The molecule has 0 radical (unpaired) electrons. The Morgan fingerprint density at radius 1 is 0.964 bits per heavy atom. The van der Waals surface area contributed by atoms with Crippen molar-refractivity contribution in [2.45, 2.75) is 0 Å². The normalized spacial score (nSPS) is 14.0. The van der Waals surface area contributed by atoms with Crippen molar-refractivity contribution in [3.8, 4) is 0 Å². The summed E-state index contributed by atoms with van der Waals surface area (Å²) in [5, 5.41) is 11.7. The van der Waals surface area contributed by atoms with Crippen LogP contribution in [0, 0.1) is 0 Å². The van der Waals surface area contributed by atoms with Crippen LogP contribution in [-0.2, 0) is 0 Å². The smallest absolute Gasteiger partial charge is 0.253 e. The molecule has 1 fully saturated rings. The number of carbonyl (C=O) groups excluding carboxylic acids is 1. The summed E-state index contributed by atoms with van der Waals surface area (Å²) in [6, 6.07) is 15.1. The molecule has 1 aliphatic heterocycles. The largest absolute Gasteiger partial charge is 0.352 e. The van der Waals surface area contributed by atoms with E-state index >= 15 is 0 Å². The maximum atomic E-state index is 12.6. The van der Waals surface area contributed by atoms with Gasteiger partial charge in [0.15, 0.2) is 11.6 Å². The average Bonchev–Trinajstić information content (AvgIpc) is 2.75. The summed E-state index contributed by atoms with van der Waals surface area (Å²) in [6.45, 7) is 2.77. The van der Waals surface area contributed by atoms with Crippen LogP contribution in [-0.4, -0.2) is 52.2 Å². The zero-order valence-electron chi connectivity index (χ0n) is 15.1. The second kappa shape index (κ2) is 8.35. The lowest BCUT2D eigenvalue weighted by atomic mass is 10.2. The predicted molar refractivity (Wildman–Crippen MR) is 112 cm³/mol. The van der Waals surface area contributed by atoms with E-state index in [4.69, 9.17) is 0 Å². The highest BCUT2D eigenvalue weighted by molar-refractivity contribution is 9.10. The Hall–Kier alpha value is -3.00. The topological polar surface area (TPSA) is 74.2 Å². The minimum Gasteiger partial charge on any atom is -0.352 e. The fraction of sp³-hybridized carbons (Fsp3) is 0.200.